The Morgan fingerprint density at radius 1 is 1.42 bits per heavy atom. The van der Waals surface area contributed by atoms with Crippen LogP contribution < -0.4 is 10.6 Å². The van der Waals surface area contributed by atoms with Crippen LogP contribution in [0.25, 0.3) is 0 Å². The molecule has 0 bridgehead atoms. The number of benzene rings is 1. The van der Waals surface area contributed by atoms with Gasteiger partial charge < -0.3 is 15.5 Å². The molecule has 0 aliphatic carbocycles. The molecule has 2 amide bonds. The number of likely N-dealkylation sites (N-methyl/N-ethyl adjacent to an activating group) is 1. The lowest BCUT2D eigenvalue weighted by Crippen LogP contribution is -2.49. The minimum atomic E-state index is -0.615. The molecule has 134 valence electrons. The van der Waals surface area contributed by atoms with E-state index in [4.69, 9.17) is 5.73 Å². The van der Waals surface area contributed by atoms with Gasteiger partial charge in [-0.3, -0.25) is 9.59 Å². The van der Waals surface area contributed by atoms with Gasteiger partial charge in [0.1, 0.15) is 11.9 Å². The molecule has 0 radical (unpaired) electrons. The van der Waals surface area contributed by atoms with Crippen molar-refractivity contribution in [3.05, 3.63) is 30.1 Å². The van der Waals surface area contributed by atoms with Crippen molar-refractivity contribution in [2.24, 2.45) is 11.7 Å². The largest absolute Gasteiger partial charge is 0.332 e. The van der Waals surface area contributed by atoms with E-state index in [0.29, 0.717) is 25.3 Å². The third-order valence-electron chi connectivity index (χ3n) is 4.18. The zero-order chi connectivity index (χ0) is 17.1. The highest BCUT2D eigenvalue weighted by Gasteiger charge is 2.39. The van der Waals surface area contributed by atoms with E-state index in [9.17, 15) is 14.0 Å². The SMILES string of the molecule is CC(C)C[C@H](N)C(=O)N(C)C1CCN(c2ccccc2F)C1=O.Cl. The fraction of sp³-hybridized carbons (Fsp3) is 0.529. The van der Waals surface area contributed by atoms with Crippen molar-refractivity contribution in [2.75, 3.05) is 18.5 Å². The quantitative estimate of drug-likeness (QED) is 0.878. The van der Waals surface area contributed by atoms with Crippen LogP contribution >= 0.6 is 12.4 Å². The highest BCUT2D eigenvalue weighted by molar-refractivity contribution is 6.01. The molecule has 1 unspecified atom stereocenters. The molecule has 7 heteroatoms. The first-order chi connectivity index (χ1) is 10.8. The standard InChI is InChI=1S/C17H24FN3O2.ClH/c1-11(2)10-13(19)16(22)20(3)15-8-9-21(17(15)23)14-7-5-4-6-12(14)18;/h4-7,11,13,15H,8-10,19H2,1-3H3;1H/t13-,15?;/m0./s1. The number of nitrogens with two attached hydrogens (primary N) is 1. The summed E-state index contributed by atoms with van der Waals surface area (Å²) in [4.78, 5) is 27.8. The van der Waals surface area contributed by atoms with Gasteiger partial charge in [-0.15, -0.1) is 12.4 Å². The molecule has 2 N–H and O–H groups in total. The van der Waals surface area contributed by atoms with Crippen LogP contribution in [0.2, 0.25) is 0 Å². The van der Waals surface area contributed by atoms with Crippen molar-refractivity contribution in [1.29, 1.82) is 0 Å². The second-order valence-corrected chi connectivity index (χ2v) is 6.43. The minimum absolute atomic E-state index is 0. The number of hydrogen-bond donors (Lipinski definition) is 1. The van der Waals surface area contributed by atoms with Crippen molar-refractivity contribution < 1.29 is 14.0 Å². The molecule has 24 heavy (non-hydrogen) atoms. The Labute approximate surface area is 148 Å². The summed E-state index contributed by atoms with van der Waals surface area (Å²) in [5.74, 6) is -0.640. The predicted molar refractivity (Wildman–Crippen MR) is 94.6 cm³/mol. The van der Waals surface area contributed by atoms with Crippen LogP contribution in [0, 0.1) is 11.7 Å². The van der Waals surface area contributed by atoms with Crippen LogP contribution in [0.5, 0.6) is 0 Å². The first-order valence-corrected chi connectivity index (χ1v) is 7.91. The van der Waals surface area contributed by atoms with Gasteiger partial charge in [-0.2, -0.15) is 0 Å². The fourth-order valence-electron chi connectivity index (χ4n) is 2.96. The number of amides is 2. The van der Waals surface area contributed by atoms with Gasteiger partial charge in [0.05, 0.1) is 11.7 Å². The number of rotatable bonds is 5. The molecule has 0 aromatic heterocycles. The van der Waals surface area contributed by atoms with E-state index in [1.165, 1.54) is 15.9 Å². The number of carbonyl (C=O) groups excluding carboxylic acids is 2. The molecular formula is C17H25ClFN3O2. The van der Waals surface area contributed by atoms with Gasteiger partial charge in [-0.1, -0.05) is 26.0 Å². The molecule has 1 aliphatic rings. The van der Waals surface area contributed by atoms with Crippen LogP contribution in [0.15, 0.2) is 24.3 Å². The molecule has 0 saturated carbocycles. The third kappa shape index (κ3) is 4.24. The Bertz CT molecular complexity index is 597. The topological polar surface area (TPSA) is 66.6 Å². The molecule has 1 aromatic carbocycles. The van der Waals surface area contributed by atoms with Crippen LogP contribution in [0.4, 0.5) is 10.1 Å². The van der Waals surface area contributed by atoms with E-state index in [0.717, 1.165) is 0 Å². The summed E-state index contributed by atoms with van der Waals surface area (Å²) in [6.45, 7) is 4.38. The average molecular weight is 358 g/mol. The lowest BCUT2D eigenvalue weighted by atomic mass is 10.0. The molecular weight excluding hydrogens is 333 g/mol. The highest BCUT2D eigenvalue weighted by Crippen LogP contribution is 2.26. The number of anilines is 1. The van der Waals surface area contributed by atoms with Crippen molar-refractivity contribution in [3.63, 3.8) is 0 Å². The summed E-state index contributed by atoms with van der Waals surface area (Å²) >= 11 is 0. The van der Waals surface area contributed by atoms with Crippen LogP contribution in [0.3, 0.4) is 0 Å². The minimum Gasteiger partial charge on any atom is -0.332 e. The number of nitrogens with zero attached hydrogens (tertiary/aromatic N) is 2. The van der Waals surface area contributed by atoms with Crippen molar-refractivity contribution >= 4 is 29.9 Å². The first-order valence-electron chi connectivity index (χ1n) is 7.91. The summed E-state index contributed by atoms with van der Waals surface area (Å²) in [7, 11) is 1.59. The van der Waals surface area contributed by atoms with Gasteiger partial charge in [-0.25, -0.2) is 4.39 Å². The smallest absolute Gasteiger partial charge is 0.249 e. The zero-order valence-electron chi connectivity index (χ0n) is 14.2. The van der Waals surface area contributed by atoms with Crippen LogP contribution in [-0.4, -0.2) is 42.4 Å². The number of halogens is 2. The van der Waals surface area contributed by atoms with E-state index < -0.39 is 17.9 Å². The fourth-order valence-corrected chi connectivity index (χ4v) is 2.96. The van der Waals surface area contributed by atoms with E-state index in [2.05, 4.69) is 0 Å². The normalized spacial score (nSPS) is 18.5. The highest BCUT2D eigenvalue weighted by atomic mass is 35.5. The molecule has 1 aliphatic heterocycles. The maximum Gasteiger partial charge on any atom is 0.249 e. The van der Waals surface area contributed by atoms with E-state index in [1.54, 1.807) is 25.2 Å². The van der Waals surface area contributed by atoms with Gasteiger partial charge >= 0.3 is 0 Å². The van der Waals surface area contributed by atoms with Crippen molar-refractivity contribution in [1.82, 2.24) is 4.90 Å². The molecule has 1 aromatic rings. The Kier molecular flexibility index (Phi) is 7.17. The number of carbonyl (C=O) groups is 2. The van der Waals surface area contributed by atoms with Gasteiger partial charge in [0.2, 0.25) is 11.8 Å². The maximum atomic E-state index is 13.9. The van der Waals surface area contributed by atoms with E-state index in [-0.39, 0.29) is 29.9 Å². The summed E-state index contributed by atoms with van der Waals surface area (Å²) in [6.07, 6.45) is 1.05. The lowest BCUT2D eigenvalue weighted by molar-refractivity contribution is -0.138. The monoisotopic (exact) mass is 357 g/mol. The number of para-hydroxylation sites is 1. The van der Waals surface area contributed by atoms with Crippen molar-refractivity contribution in [3.8, 4) is 0 Å². The maximum absolute atomic E-state index is 13.9. The number of hydrogen-bond acceptors (Lipinski definition) is 3. The van der Waals surface area contributed by atoms with E-state index >= 15 is 0 Å². The predicted octanol–water partition coefficient (Wildman–Crippen LogP) is 2.18. The summed E-state index contributed by atoms with van der Waals surface area (Å²) in [6, 6.07) is 4.96. The van der Waals surface area contributed by atoms with Gasteiger partial charge in [0.15, 0.2) is 0 Å². The third-order valence-corrected chi connectivity index (χ3v) is 4.18. The summed E-state index contributed by atoms with van der Waals surface area (Å²) in [5, 5.41) is 0. The van der Waals surface area contributed by atoms with E-state index in [1.807, 2.05) is 13.8 Å². The molecule has 1 fully saturated rings. The lowest BCUT2D eigenvalue weighted by Gasteiger charge is -2.27. The van der Waals surface area contributed by atoms with Gasteiger partial charge in [0, 0.05) is 13.6 Å². The van der Waals surface area contributed by atoms with Gasteiger partial charge in [-0.05, 0) is 30.9 Å². The average Bonchev–Trinajstić information content (AvgIpc) is 2.87. The second-order valence-electron chi connectivity index (χ2n) is 6.43. The van der Waals surface area contributed by atoms with Crippen LogP contribution in [-0.2, 0) is 9.59 Å². The Hall–Kier alpha value is -1.66. The molecule has 5 nitrogen and oxygen atoms in total. The van der Waals surface area contributed by atoms with Crippen molar-refractivity contribution in [2.45, 2.75) is 38.8 Å². The molecule has 1 heterocycles. The Morgan fingerprint density at radius 2 is 2.04 bits per heavy atom. The molecule has 0 spiro atoms. The Morgan fingerprint density at radius 3 is 2.62 bits per heavy atom. The zero-order valence-corrected chi connectivity index (χ0v) is 15.1. The molecule has 2 atom stereocenters. The molecule has 2 rings (SSSR count). The summed E-state index contributed by atoms with van der Waals surface area (Å²) in [5.41, 5.74) is 6.18. The molecule has 1 saturated heterocycles. The second kappa shape index (κ2) is 8.44. The van der Waals surface area contributed by atoms with Crippen LogP contribution in [0.1, 0.15) is 26.7 Å². The first kappa shape index (κ1) is 20.4. The van der Waals surface area contributed by atoms with Gasteiger partial charge in [0.25, 0.3) is 0 Å². The summed E-state index contributed by atoms with van der Waals surface area (Å²) < 4.78 is 13.9. The Balaban J connectivity index is 0.00000288.